The van der Waals surface area contributed by atoms with Crippen LogP contribution in [0.1, 0.15) is 48.3 Å². The monoisotopic (exact) mass is 495 g/mol. The number of carbonyl (C=O) groups is 1. The highest BCUT2D eigenvalue weighted by Gasteiger charge is 2.28. The fourth-order valence-corrected chi connectivity index (χ4v) is 4.77. The number of esters is 1. The number of rotatable bonds is 13. The summed E-state index contributed by atoms with van der Waals surface area (Å²) in [6.07, 6.45) is 2.83. The van der Waals surface area contributed by atoms with E-state index in [1.807, 2.05) is 67.6 Å². The molecule has 35 heavy (non-hydrogen) atoms. The molecule has 6 nitrogen and oxygen atoms in total. The highest BCUT2D eigenvalue weighted by atomic mass is 32.2. The summed E-state index contributed by atoms with van der Waals surface area (Å²) in [7, 11) is -3.73. The average Bonchev–Trinajstić information content (AvgIpc) is 2.87. The summed E-state index contributed by atoms with van der Waals surface area (Å²) in [6.45, 7) is 2.29. The lowest BCUT2D eigenvalue weighted by atomic mass is 9.85. The molecule has 0 bridgehead atoms. The molecule has 0 aliphatic rings. The van der Waals surface area contributed by atoms with Gasteiger partial charge in [-0.25, -0.2) is 0 Å². The molecule has 0 aliphatic heterocycles. The molecule has 0 aliphatic carbocycles. The molecule has 7 heteroatoms. The minimum absolute atomic E-state index is 0.122. The van der Waals surface area contributed by atoms with Crippen molar-refractivity contribution in [3.05, 3.63) is 102 Å². The first kappa shape index (κ1) is 26.6. The number of ether oxygens (including phenoxy) is 1. The molecule has 0 amide bonds. The van der Waals surface area contributed by atoms with Crippen LogP contribution in [0, 0.1) is 6.92 Å². The van der Waals surface area contributed by atoms with E-state index in [0.29, 0.717) is 12.8 Å². The number of unbranched alkanes of at least 4 members (excludes halogenated alkanes) is 3. The molecule has 0 radical (unpaired) electrons. The van der Waals surface area contributed by atoms with E-state index in [4.69, 9.17) is 14.7 Å². The first-order valence-corrected chi connectivity index (χ1v) is 13.3. The molecule has 0 heterocycles. The zero-order valence-electron chi connectivity index (χ0n) is 20.0. The minimum Gasteiger partial charge on any atom is -0.465 e. The Bertz CT molecular complexity index is 1110. The summed E-state index contributed by atoms with van der Waals surface area (Å²) < 4.78 is 34.9. The van der Waals surface area contributed by atoms with Crippen LogP contribution < -0.4 is 5.73 Å². The van der Waals surface area contributed by atoms with Gasteiger partial charge in [0.15, 0.2) is 0 Å². The molecule has 0 saturated carbocycles. The summed E-state index contributed by atoms with van der Waals surface area (Å²) in [5.74, 6) is -0.729. The molecule has 2 N–H and O–H groups in total. The highest BCUT2D eigenvalue weighted by Crippen LogP contribution is 2.27. The maximum absolute atomic E-state index is 12.7. The topological polar surface area (TPSA) is 95.7 Å². The number of aryl methyl sites for hydroxylation is 1. The van der Waals surface area contributed by atoms with Gasteiger partial charge in [-0.05, 0) is 49.4 Å². The Kier molecular flexibility index (Phi) is 10.0. The lowest BCUT2D eigenvalue weighted by Gasteiger charge is -2.23. The molecular formula is C28H33NO5S. The van der Waals surface area contributed by atoms with Crippen molar-refractivity contribution in [1.29, 1.82) is 0 Å². The Balaban J connectivity index is 1.39. The SMILES string of the molecule is Cc1ccc(S(=O)(=O)OCCCCCCOC(=O)[C@@H](N)C(c2ccccc2)c2ccccc2)cc1. The van der Waals surface area contributed by atoms with Crippen molar-refractivity contribution in [3.63, 3.8) is 0 Å². The van der Waals surface area contributed by atoms with Crippen molar-refractivity contribution >= 4 is 16.1 Å². The molecule has 3 aromatic rings. The largest absolute Gasteiger partial charge is 0.465 e. The third-order valence-corrected chi connectivity index (χ3v) is 7.11. The zero-order valence-corrected chi connectivity index (χ0v) is 20.8. The van der Waals surface area contributed by atoms with E-state index >= 15 is 0 Å². The van der Waals surface area contributed by atoms with E-state index in [0.717, 1.165) is 29.5 Å². The van der Waals surface area contributed by atoms with Crippen LogP contribution in [-0.4, -0.2) is 33.6 Å². The standard InChI is InChI=1S/C28H33NO5S/c1-22-16-18-25(19-17-22)35(31,32)34-21-11-3-2-10-20-33-28(30)27(29)26(23-12-6-4-7-13-23)24-14-8-5-9-15-24/h4-9,12-19,26-27H,2-3,10-11,20-21,29H2,1H3/t27-/m0/s1. The molecule has 0 spiro atoms. The maximum atomic E-state index is 12.7. The van der Waals surface area contributed by atoms with Gasteiger partial charge in [0.25, 0.3) is 10.1 Å². The van der Waals surface area contributed by atoms with Crippen molar-refractivity contribution in [2.45, 2.75) is 49.5 Å². The fraction of sp³-hybridized carbons (Fsp3) is 0.321. The molecule has 0 aromatic heterocycles. The lowest BCUT2D eigenvalue weighted by Crippen LogP contribution is -2.38. The van der Waals surface area contributed by atoms with Gasteiger partial charge in [-0.3, -0.25) is 8.98 Å². The number of benzene rings is 3. The van der Waals surface area contributed by atoms with Crippen molar-refractivity contribution in [2.24, 2.45) is 5.73 Å². The van der Waals surface area contributed by atoms with E-state index in [1.165, 1.54) is 0 Å². The highest BCUT2D eigenvalue weighted by molar-refractivity contribution is 7.86. The summed E-state index contributed by atoms with van der Waals surface area (Å²) >= 11 is 0. The molecule has 0 fully saturated rings. The van der Waals surface area contributed by atoms with Gasteiger partial charge in [0.05, 0.1) is 18.1 Å². The summed E-state index contributed by atoms with van der Waals surface area (Å²) in [5.41, 5.74) is 9.27. The van der Waals surface area contributed by atoms with Gasteiger partial charge in [-0.1, -0.05) is 84.8 Å². The summed E-state index contributed by atoms with van der Waals surface area (Å²) in [5, 5.41) is 0. The average molecular weight is 496 g/mol. The van der Waals surface area contributed by atoms with E-state index in [2.05, 4.69) is 0 Å². The number of nitrogens with two attached hydrogens (primary N) is 1. The minimum atomic E-state index is -3.73. The van der Waals surface area contributed by atoms with Gasteiger partial charge in [-0.15, -0.1) is 0 Å². The smallest absolute Gasteiger partial charge is 0.323 e. The molecule has 3 rings (SSSR count). The molecule has 1 atom stereocenters. The van der Waals surface area contributed by atoms with Crippen LogP contribution in [0.2, 0.25) is 0 Å². The van der Waals surface area contributed by atoms with Gasteiger partial charge in [0.2, 0.25) is 0 Å². The van der Waals surface area contributed by atoms with Gasteiger partial charge >= 0.3 is 5.97 Å². The van der Waals surface area contributed by atoms with Gasteiger partial charge in [0, 0.05) is 5.92 Å². The third-order valence-electron chi connectivity index (χ3n) is 5.78. The van der Waals surface area contributed by atoms with Crippen molar-refractivity contribution in [1.82, 2.24) is 0 Å². The van der Waals surface area contributed by atoms with Crippen molar-refractivity contribution in [2.75, 3.05) is 13.2 Å². The van der Waals surface area contributed by atoms with Crippen LogP contribution >= 0.6 is 0 Å². The second kappa shape index (κ2) is 13.2. The van der Waals surface area contributed by atoms with Crippen LogP contribution in [0.4, 0.5) is 0 Å². The van der Waals surface area contributed by atoms with Crippen LogP contribution in [0.15, 0.2) is 89.8 Å². The predicted molar refractivity (Wildman–Crippen MR) is 136 cm³/mol. The van der Waals surface area contributed by atoms with Gasteiger partial charge in [0.1, 0.15) is 6.04 Å². The Morgan fingerprint density at radius 3 is 1.83 bits per heavy atom. The first-order chi connectivity index (χ1) is 16.9. The quantitative estimate of drug-likeness (QED) is 0.204. The lowest BCUT2D eigenvalue weighted by molar-refractivity contribution is -0.145. The Morgan fingerprint density at radius 1 is 0.771 bits per heavy atom. The molecule has 0 saturated heterocycles. The maximum Gasteiger partial charge on any atom is 0.323 e. The number of carbonyl (C=O) groups excluding carboxylic acids is 1. The Hall–Kier alpha value is -3.00. The van der Waals surface area contributed by atoms with E-state index in [-0.39, 0.29) is 24.0 Å². The normalized spacial score (nSPS) is 12.4. The molecule has 0 unspecified atom stereocenters. The molecule has 3 aromatic carbocycles. The second-order valence-electron chi connectivity index (χ2n) is 8.50. The van der Waals surface area contributed by atoms with Crippen molar-refractivity contribution < 1.29 is 22.1 Å². The van der Waals surface area contributed by atoms with Gasteiger partial charge < -0.3 is 10.5 Å². The Labute approximate surface area is 208 Å². The third kappa shape index (κ3) is 8.02. The van der Waals surface area contributed by atoms with Crippen molar-refractivity contribution in [3.8, 4) is 0 Å². The van der Waals surface area contributed by atoms with E-state index < -0.39 is 22.1 Å². The van der Waals surface area contributed by atoms with Crippen LogP contribution in [0.3, 0.4) is 0 Å². The number of hydrogen-bond donors (Lipinski definition) is 1. The second-order valence-corrected chi connectivity index (χ2v) is 10.1. The van der Waals surface area contributed by atoms with Crippen LogP contribution in [0.5, 0.6) is 0 Å². The first-order valence-electron chi connectivity index (χ1n) is 11.9. The summed E-state index contributed by atoms with van der Waals surface area (Å²) in [4.78, 5) is 12.9. The van der Waals surface area contributed by atoms with Gasteiger partial charge in [-0.2, -0.15) is 8.42 Å². The molecule has 186 valence electrons. The Morgan fingerprint density at radius 2 is 1.29 bits per heavy atom. The predicted octanol–water partition coefficient (Wildman–Crippen LogP) is 4.96. The zero-order chi connectivity index (χ0) is 25.1. The van der Waals surface area contributed by atoms with E-state index in [9.17, 15) is 13.2 Å². The van der Waals surface area contributed by atoms with Crippen LogP contribution in [0.25, 0.3) is 0 Å². The van der Waals surface area contributed by atoms with Crippen LogP contribution in [-0.2, 0) is 23.8 Å². The summed E-state index contributed by atoms with van der Waals surface area (Å²) in [6, 6.07) is 25.2. The van der Waals surface area contributed by atoms with E-state index in [1.54, 1.807) is 24.3 Å². The fourth-order valence-electron chi connectivity index (χ4n) is 3.83. The number of hydrogen-bond acceptors (Lipinski definition) is 6. The molecular weight excluding hydrogens is 462 g/mol.